The van der Waals surface area contributed by atoms with Crippen LogP contribution in [0.2, 0.25) is 0 Å². The number of rotatable bonds is 12. The largest absolute Gasteiger partial charge is 0.494 e. The van der Waals surface area contributed by atoms with E-state index in [1.54, 1.807) is 0 Å². The van der Waals surface area contributed by atoms with Crippen LogP contribution < -0.4 is 4.74 Å². The number of aryl methyl sites for hydroxylation is 1. The second-order valence-corrected chi connectivity index (χ2v) is 7.24. The zero-order valence-corrected chi connectivity index (χ0v) is 16.8. The Bertz CT molecular complexity index is 603. The van der Waals surface area contributed by atoms with Crippen molar-refractivity contribution in [3.8, 4) is 5.75 Å². The van der Waals surface area contributed by atoms with Crippen molar-refractivity contribution in [3.63, 3.8) is 0 Å². The van der Waals surface area contributed by atoms with Gasteiger partial charge in [-0.1, -0.05) is 71.1 Å². The van der Waals surface area contributed by atoms with Crippen LogP contribution in [0.1, 0.15) is 88.5 Å². The van der Waals surface area contributed by atoms with Crippen LogP contribution in [0.4, 0.5) is 0 Å². The number of unbranched alkanes of at least 4 members (excludes halogenated alkanes) is 5. The van der Waals surface area contributed by atoms with E-state index in [0.717, 1.165) is 25.2 Å². The molecule has 0 amide bonds. The second-order valence-electron chi connectivity index (χ2n) is 7.24. The zero-order valence-electron chi connectivity index (χ0n) is 16.8. The van der Waals surface area contributed by atoms with Gasteiger partial charge in [-0.15, -0.1) is 0 Å². The summed E-state index contributed by atoms with van der Waals surface area (Å²) in [5, 5.41) is 0. The molecule has 2 aromatic rings. The number of hydrogen-bond acceptors (Lipinski definition) is 2. The Morgan fingerprint density at radius 2 is 1.50 bits per heavy atom. The molecule has 2 nitrogen and oxygen atoms in total. The van der Waals surface area contributed by atoms with Crippen LogP contribution in [0.5, 0.6) is 5.75 Å². The standard InChI is InChI=1S/C24H35NO/c1-4-6-8-9-10-18-26-24-16-13-21(14-17-24)20(3)22-12-15-23(25-19-22)11-7-5-2/h12-17,19-20H,4-11,18H2,1-3H3. The van der Waals surface area contributed by atoms with Crippen molar-refractivity contribution in [2.45, 2.75) is 78.1 Å². The maximum atomic E-state index is 5.87. The van der Waals surface area contributed by atoms with Crippen LogP contribution in [0.15, 0.2) is 42.6 Å². The fraction of sp³-hybridized carbons (Fsp3) is 0.542. The van der Waals surface area contributed by atoms with Crippen molar-refractivity contribution in [3.05, 3.63) is 59.4 Å². The van der Waals surface area contributed by atoms with Crippen LogP contribution in [-0.4, -0.2) is 11.6 Å². The summed E-state index contributed by atoms with van der Waals surface area (Å²) in [6, 6.07) is 13.0. The smallest absolute Gasteiger partial charge is 0.119 e. The summed E-state index contributed by atoms with van der Waals surface area (Å²) in [6.45, 7) is 7.53. The highest BCUT2D eigenvalue weighted by Gasteiger charge is 2.09. The second kappa shape index (κ2) is 11.7. The monoisotopic (exact) mass is 353 g/mol. The van der Waals surface area contributed by atoms with Crippen molar-refractivity contribution in [1.82, 2.24) is 4.98 Å². The molecular formula is C24H35NO. The zero-order chi connectivity index (χ0) is 18.6. The third kappa shape index (κ3) is 6.82. The molecule has 1 unspecified atom stereocenters. The van der Waals surface area contributed by atoms with E-state index in [-0.39, 0.29) is 0 Å². The van der Waals surface area contributed by atoms with Crippen LogP contribution >= 0.6 is 0 Å². The van der Waals surface area contributed by atoms with Crippen LogP contribution in [0, 0.1) is 0 Å². The topological polar surface area (TPSA) is 22.1 Å². The molecule has 2 rings (SSSR count). The molecule has 26 heavy (non-hydrogen) atoms. The van der Waals surface area contributed by atoms with E-state index in [9.17, 15) is 0 Å². The minimum Gasteiger partial charge on any atom is -0.494 e. The van der Waals surface area contributed by atoms with Gasteiger partial charge in [0.2, 0.25) is 0 Å². The third-order valence-electron chi connectivity index (χ3n) is 5.03. The van der Waals surface area contributed by atoms with Crippen LogP contribution in [-0.2, 0) is 6.42 Å². The number of hydrogen-bond donors (Lipinski definition) is 0. The average molecular weight is 354 g/mol. The molecule has 0 saturated heterocycles. The Morgan fingerprint density at radius 1 is 0.808 bits per heavy atom. The van der Waals surface area contributed by atoms with Crippen molar-refractivity contribution in [2.24, 2.45) is 0 Å². The van der Waals surface area contributed by atoms with Gasteiger partial charge in [0.15, 0.2) is 0 Å². The summed E-state index contributed by atoms with van der Waals surface area (Å²) in [6.07, 6.45) is 11.9. The maximum absolute atomic E-state index is 5.87. The van der Waals surface area contributed by atoms with E-state index in [1.165, 1.54) is 55.3 Å². The normalized spacial score (nSPS) is 12.1. The molecule has 1 aromatic carbocycles. The van der Waals surface area contributed by atoms with Gasteiger partial charge in [-0.2, -0.15) is 0 Å². The van der Waals surface area contributed by atoms with Gasteiger partial charge in [-0.05, 0) is 48.6 Å². The summed E-state index contributed by atoms with van der Waals surface area (Å²) < 4.78 is 5.87. The number of pyridine rings is 1. The van der Waals surface area contributed by atoms with Crippen LogP contribution in [0.25, 0.3) is 0 Å². The molecule has 0 spiro atoms. The fourth-order valence-electron chi connectivity index (χ4n) is 3.14. The van der Waals surface area contributed by atoms with Crippen molar-refractivity contribution in [1.29, 1.82) is 0 Å². The summed E-state index contributed by atoms with van der Waals surface area (Å²) >= 11 is 0. The summed E-state index contributed by atoms with van der Waals surface area (Å²) in [7, 11) is 0. The highest BCUT2D eigenvalue weighted by atomic mass is 16.5. The highest BCUT2D eigenvalue weighted by molar-refractivity contribution is 5.34. The van der Waals surface area contributed by atoms with Crippen molar-refractivity contribution in [2.75, 3.05) is 6.61 Å². The summed E-state index contributed by atoms with van der Waals surface area (Å²) in [4.78, 5) is 4.63. The van der Waals surface area contributed by atoms with E-state index < -0.39 is 0 Å². The molecule has 0 aliphatic heterocycles. The van der Waals surface area contributed by atoms with E-state index in [2.05, 4.69) is 62.2 Å². The lowest BCUT2D eigenvalue weighted by Crippen LogP contribution is -2.00. The molecule has 1 aromatic heterocycles. The molecule has 2 heteroatoms. The van der Waals surface area contributed by atoms with Gasteiger partial charge in [-0.3, -0.25) is 4.98 Å². The molecular weight excluding hydrogens is 318 g/mol. The highest BCUT2D eigenvalue weighted by Crippen LogP contribution is 2.25. The first-order valence-electron chi connectivity index (χ1n) is 10.4. The van der Waals surface area contributed by atoms with Crippen LogP contribution in [0.3, 0.4) is 0 Å². The van der Waals surface area contributed by atoms with E-state index in [4.69, 9.17) is 4.74 Å². The Labute approximate surface area is 160 Å². The quantitative estimate of drug-likeness (QED) is 0.386. The van der Waals surface area contributed by atoms with E-state index in [0.29, 0.717) is 5.92 Å². The van der Waals surface area contributed by atoms with Gasteiger partial charge in [0.25, 0.3) is 0 Å². The average Bonchev–Trinajstić information content (AvgIpc) is 2.69. The molecule has 0 fully saturated rings. The van der Waals surface area contributed by atoms with E-state index >= 15 is 0 Å². The molecule has 0 N–H and O–H groups in total. The minimum absolute atomic E-state index is 0.353. The lowest BCUT2D eigenvalue weighted by molar-refractivity contribution is 0.304. The Morgan fingerprint density at radius 3 is 2.15 bits per heavy atom. The Hall–Kier alpha value is -1.83. The van der Waals surface area contributed by atoms with Gasteiger partial charge >= 0.3 is 0 Å². The molecule has 0 saturated carbocycles. The first-order chi connectivity index (χ1) is 12.7. The molecule has 1 heterocycles. The molecule has 0 bridgehead atoms. The molecule has 142 valence electrons. The van der Waals surface area contributed by atoms with Crippen molar-refractivity contribution < 1.29 is 4.74 Å². The number of ether oxygens (including phenoxy) is 1. The lowest BCUT2D eigenvalue weighted by Gasteiger charge is -2.14. The Balaban J connectivity index is 1.83. The van der Waals surface area contributed by atoms with Gasteiger partial charge in [0.05, 0.1) is 6.61 Å². The predicted molar refractivity (Wildman–Crippen MR) is 111 cm³/mol. The molecule has 0 aliphatic carbocycles. The minimum atomic E-state index is 0.353. The third-order valence-corrected chi connectivity index (χ3v) is 5.03. The number of nitrogens with zero attached hydrogens (tertiary/aromatic N) is 1. The SMILES string of the molecule is CCCCCCCOc1ccc(C(C)c2ccc(CCCC)nc2)cc1. The summed E-state index contributed by atoms with van der Waals surface area (Å²) in [5.74, 6) is 1.33. The van der Waals surface area contributed by atoms with Gasteiger partial charge < -0.3 is 4.74 Å². The maximum Gasteiger partial charge on any atom is 0.119 e. The molecule has 0 radical (unpaired) electrons. The fourth-order valence-corrected chi connectivity index (χ4v) is 3.14. The number of benzene rings is 1. The molecule has 0 aliphatic rings. The molecule has 1 atom stereocenters. The van der Waals surface area contributed by atoms with Gasteiger partial charge in [0, 0.05) is 17.8 Å². The van der Waals surface area contributed by atoms with Crippen molar-refractivity contribution >= 4 is 0 Å². The lowest BCUT2D eigenvalue weighted by atomic mass is 9.94. The number of aromatic nitrogens is 1. The summed E-state index contributed by atoms with van der Waals surface area (Å²) in [5.41, 5.74) is 3.78. The van der Waals surface area contributed by atoms with Gasteiger partial charge in [-0.25, -0.2) is 0 Å². The van der Waals surface area contributed by atoms with Gasteiger partial charge in [0.1, 0.15) is 5.75 Å². The predicted octanol–water partition coefficient (Wildman–Crippen LogP) is 6.93. The Kier molecular flexibility index (Phi) is 9.23. The van der Waals surface area contributed by atoms with E-state index in [1.807, 2.05) is 6.20 Å². The first kappa shape index (κ1) is 20.5. The first-order valence-corrected chi connectivity index (χ1v) is 10.4.